The number of hydrogen-bond acceptors (Lipinski definition) is 5. The number of ether oxygens (including phenoxy) is 2. The third kappa shape index (κ3) is 8.55. The Hall–Kier alpha value is -1.30. The highest BCUT2D eigenvalue weighted by Gasteiger charge is 2.05. The molecule has 0 aliphatic heterocycles. The number of nitrogens with one attached hydrogen (secondary N) is 1. The van der Waals surface area contributed by atoms with Crippen molar-refractivity contribution in [3.8, 4) is 11.5 Å². The molecule has 0 spiro atoms. The van der Waals surface area contributed by atoms with E-state index in [9.17, 15) is 5.11 Å². The Morgan fingerprint density at radius 3 is 2.67 bits per heavy atom. The van der Waals surface area contributed by atoms with Crippen LogP contribution in [-0.4, -0.2) is 49.7 Å². The third-order valence-corrected chi connectivity index (χ3v) is 3.13. The van der Waals surface area contributed by atoms with Crippen molar-refractivity contribution in [1.82, 2.24) is 5.32 Å². The first-order valence-electron chi connectivity index (χ1n) is 7.52. The van der Waals surface area contributed by atoms with Gasteiger partial charge in [0.2, 0.25) is 0 Å². The summed E-state index contributed by atoms with van der Waals surface area (Å²) >= 11 is 0. The average Bonchev–Trinajstić information content (AvgIpc) is 2.52. The van der Waals surface area contributed by atoms with Crippen LogP contribution in [0.4, 0.5) is 0 Å². The second kappa shape index (κ2) is 11.4. The molecular formula is C16H27NO4. The third-order valence-electron chi connectivity index (χ3n) is 3.13. The minimum atomic E-state index is -0.534. The van der Waals surface area contributed by atoms with Gasteiger partial charge in [-0.25, -0.2) is 0 Å². The highest BCUT2D eigenvalue weighted by Crippen LogP contribution is 2.18. The zero-order chi connectivity index (χ0) is 15.3. The average molecular weight is 297 g/mol. The van der Waals surface area contributed by atoms with E-state index in [2.05, 4.69) is 5.32 Å². The van der Waals surface area contributed by atoms with E-state index >= 15 is 0 Å². The van der Waals surface area contributed by atoms with Gasteiger partial charge in [-0.2, -0.15) is 0 Å². The Balaban J connectivity index is 2.06. The standard InChI is InChI=1S/C16H27NO4/c1-20-15-7-6-8-16(11-15)21-13-14(19)12-17-9-4-2-3-5-10-18/h6-8,11,14,17-19H,2-5,9-10,12-13H2,1H3. The molecule has 0 aromatic heterocycles. The van der Waals surface area contributed by atoms with Crippen molar-refractivity contribution in [3.63, 3.8) is 0 Å². The highest BCUT2D eigenvalue weighted by molar-refractivity contribution is 5.32. The summed E-state index contributed by atoms with van der Waals surface area (Å²) in [6.07, 6.45) is 3.55. The van der Waals surface area contributed by atoms with E-state index in [1.807, 2.05) is 18.2 Å². The lowest BCUT2D eigenvalue weighted by molar-refractivity contribution is 0.106. The molecular weight excluding hydrogens is 270 g/mol. The molecule has 0 aliphatic carbocycles. The van der Waals surface area contributed by atoms with Gasteiger partial charge in [0, 0.05) is 19.2 Å². The smallest absolute Gasteiger partial charge is 0.123 e. The molecule has 0 fully saturated rings. The van der Waals surface area contributed by atoms with E-state index < -0.39 is 6.10 Å². The maximum absolute atomic E-state index is 9.83. The van der Waals surface area contributed by atoms with Crippen molar-refractivity contribution in [2.45, 2.75) is 31.8 Å². The predicted molar refractivity (Wildman–Crippen MR) is 82.9 cm³/mol. The van der Waals surface area contributed by atoms with Gasteiger partial charge < -0.3 is 25.0 Å². The fourth-order valence-electron chi connectivity index (χ4n) is 1.93. The van der Waals surface area contributed by atoms with Crippen LogP contribution in [0.25, 0.3) is 0 Å². The van der Waals surface area contributed by atoms with Crippen molar-refractivity contribution >= 4 is 0 Å². The summed E-state index contributed by atoms with van der Waals surface area (Å²) in [7, 11) is 1.61. The first-order chi connectivity index (χ1) is 10.3. The summed E-state index contributed by atoms with van der Waals surface area (Å²) in [6, 6.07) is 7.33. The van der Waals surface area contributed by atoms with Crippen LogP contribution in [-0.2, 0) is 0 Å². The van der Waals surface area contributed by atoms with Gasteiger partial charge in [-0.15, -0.1) is 0 Å². The van der Waals surface area contributed by atoms with Crippen molar-refractivity contribution < 1.29 is 19.7 Å². The van der Waals surface area contributed by atoms with E-state index in [0.29, 0.717) is 12.3 Å². The van der Waals surface area contributed by atoms with Crippen molar-refractivity contribution in [2.24, 2.45) is 0 Å². The lowest BCUT2D eigenvalue weighted by atomic mass is 10.2. The SMILES string of the molecule is COc1cccc(OCC(O)CNCCCCCCO)c1. The normalized spacial score (nSPS) is 12.1. The van der Waals surface area contributed by atoms with E-state index in [4.69, 9.17) is 14.6 Å². The lowest BCUT2D eigenvalue weighted by Gasteiger charge is -2.13. The summed E-state index contributed by atoms with van der Waals surface area (Å²) in [5.41, 5.74) is 0. The molecule has 5 heteroatoms. The van der Waals surface area contributed by atoms with E-state index in [0.717, 1.165) is 38.0 Å². The van der Waals surface area contributed by atoms with Gasteiger partial charge in [-0.05, 0) is 31.5 Å². The molecule has 0 saturated heterocycles. The van der Waals surface area contributed by atoms with Crippen LogP contribution in [0.5, 0.6) is 11.5 Å². The molecule has 0 radical (unpaired) electrons. The molecule has 21 heavy (non-hydrogen) atoms. The monoisotopic (exact) mass is 297 g/mol. The molecule has 1 aromatic carbocycles. The van der Waals surface area contributed by atoms with Crippen molar-refractivity contribution in [2.75, 3.05) is 33.4 Å². The Morgan fingerprint density at radius 2 is 1.90 bits per heavy atom. The van der Waals surface area contributed by atoms with Crippen molar-refractivity contribution in [3.05, 3.63) is 24.3 Å². The van der Waals surface area contributed by atoms with Gasteiger partial charge in [0.05, 0.1) is 7.11 Å². The Bertz CT molecular complexity index is 373. The van der Waals surface area contributed by atoms with Crippen LogP contribution >= 0.6 is 0 Å². The zero-order valence-electron chi connectivity index (χ0n) is 12.8. The van der Waals surface area contributed by atoms with Gasteiger partial charge >= 0.3 is 0 Å². The maximum Gasteiger partial charge on any atom is 0.123 e. The summed E-state index contributed by atoms with van der Waals surface area (Å²) in [5, 5.41) is 21.7. The minimum Gasteiger partial charge on any atom is -0.497 e. The number of aliphatic hydroxyl groups excluding tert-OH is 2. The summed E-state index contributed by atoms with van der Waals surface area (Å²) in [4.78, 5) is 0. The number of hydrogen-bond donors (Lipinski definition) is 3. The predicted octanol–water partition coefficient (Wildman–Crippen LogP) is 1.58. The molecule has 0 saturated carbocycles. The van der Waals surface area contributed by atoms with Gasteiger partial charge in [-0.3, -0.25) is 0 Å². The molecule has 1 rings (SSSR count). The molecule has 5 nitrogen and oxygen atoms in total. The second-order valence-corrected chi connectivity index (χ2v) is 4.99. The second-order valence-electron chi connectivity index (χ2n) is 4.99. The quantitative estimate of drug-likeness (QED) is 0.511. The largest absolute Gasteiger partial charge is 0.497 e. The van der Waals surface area contributed by atoms with Crippen LogP contribution < -0.4 is 14.8 Å². The maximum atomic E-state index is 9.83. The fourth-order valence-corrected chi connectivity index (χ4v) is 1.93. The molecule has 0 heterocycles. The van der Waals surface area contributed by atoms with E-state index in [1.165, 1.54) is 0 Å². The lowest BCUT2D eigenvalue weighted by Crippen LogP contribution is -2.32. The number of unbranched alkanes of at least 4 members (excludes halogenated alkanes) is 3. The van der Waals surface area contributed by atoms with Gasteiger partial charge in [0.25, 0.3) is 0 Å². The Labute approximate surface area is 126 Å². The van der Waals surface area contributed by atoms with Gasteiger partial charge in [0.1, 0.15) is 24.2 Å². The van der Waals surface area contributed by atoms with Crippen LogP contribution in [0, 0.1) is 0 Å². The Morgan fingerprint density at radius 1 is 1.14 bits per heavy atom. The molecule has 0 bridgehead atoms. The number of methoxy groups -OCH3 is 1. The molecule has 1 aromatic rings. The summed E-state index contributed by atoms with van der Waals surface area (Å²) < 4.78 is 10.6. The van der Waals surface area contributed by atoms with Crippen LogP contribution in [0.3, 0.4) is 0 Å². The molecule has 0 aliphatic rings. The van der Waals surface area contributed by atoms with Gasteiger partial charge in [0.15, 0.2) is 0 Å². The first kappa shape index (κ1) is 17.8. The molecule has 0 amide bonds. The molecule has 1 atom stereocenters. The van der Waals surface area contributed by atoms with Crippen molar-refractivity contribution in [1.29, 1.82) is 0 Å². The minimum absolute atomic E-state index is 0.255. The van der Waals surface area contributed by atoms with E-state index in [1.54, 1.807) is 13.2 Å². The number of rotatable bonds is 12. The van der Waals surface area contributed by atoms with E-state index in [-0.39, 0.29) is 13.2 Å². The van der Waals surface area contributed by atoms with Crippen LogP contribution in [0.15, 0.2) is 24.3 Å². The zero-order valence-corrected chi connectivity index (χ0v) is 12.8. The highest BCUT2D eigenvalue weighted by atomic mass is 16.5. The fraction of sp³-hybridized carbons (Fsp3) is 0.625. The van der Waals surface area contributed by atoms with Crippen LogP contribution in [0.2, 0.25) is 0 Å². The topological polar surface area (TPSA) is 71.0 Å². The Kier molecular flexibility index (Phi) is 9.61. The number of aliphatic hydroxyl groups is 2. The van der Waals surface area contributed by atoms with Gasteiger partial charge in [-0.1, -0.05) is 18.9 Å². The molecule has 1 unspecified atom stereocenters. The summed E-state index contributed by atoms with van der Waals surface area (Å²) in [6.45, 7) is 1.92. The first-order valence-corrected chi connectivity index (χ1v) is 7.52. The number of benzene rings is 1. The summed E-state index contributed by atoms with van der Waals surface area (Å²) in [5.74, 6) is 1.43. The molecule has 3 N–H and O–H groups in total. The van der Waals surface area contributed by atoms with Crippen LogP contribution in [0.1, 0.15) is 25.7 Å². The molecule has 120 valence electrons.